The molecule has 12 heteroatoms. The lowest BCUT2D eigenvalue weighted by Gasteiger charge is -2.27. The number of nitrogens with zero attached hydrogens (tertiary/aromatic N) is 4. The number of aromatic amines is 2. The molecule has 2 N–H and O–H groups in total. The molecule has 2 aliphatic heterocycles. The number of aromatic nitrogens is 4. The predicted octanol–water partition coefficient (Wildman–Crippen LogP) is 10.1. The quantitative estimate of drug-likeness (QED) is 0.186. The number of amides is 2. The Morgan fingerprint density at radius 1 is 0.788 bits per heavy atom. The molecule has 0 saturated carbocycles. The van der Waals surface area contributed by atoms with Crippen LogP contribution in [-0.2, 0) is 9.47 Å². The summed E-state index contributed by atoms with van der Waals surface area (Å²) in [6.07, 6.45) is 2.61. The topological polar surface area (TPSA) is 116 Å². The molecule has 0 aliphatic carbocycles. The van der Waals surface area contributed by atoms with Gasteiger partial charge in [-0.3, -0.25) is 9.80 Å². The van der Waals surface area contributed by atoms with E-state index in [2.05, 4.69) is 34.9 Å². The van der Waals surface area contributed by atoms with Crippen LogP contribution in [0.5, 0.6) is 0 Å². The van der Waals surface area contributed by atoms with Gasteiger partial charge in [0.05, 0.1) is 29.5 Å². The summed E-state index contributed by atoms with van der Waals surface area (Å²) in [7, 11) is 0. The zero-order valence-corrected chi connectivity index (χ0v) is 31.9. The molecule has 0 bridgehead atoms. The van der Waals surface area contributed by atoms with Gasteiger partial charge in [-0.15, -0.1) is 11.3 Å². The zero-order chi connectivity index (χ0) is 37.1. The molecule has 3 aromatic heterocycles. The molecule has 0 spiro atoms. The second-order valence-corrected chi connectivity index (χ2v) is 17.4. The number of hydrogen-bond acceptors (Lipinski definition) is 7. The van der Waals surface area contributed by atoms with Crippen molar-refractivity contribution in [2.75, 3.05) is 13.1 Å². The van der Waals surface area contributed by atoms with Crippen LogP contribution in [0.25, 0.3) is 43.2 Å². The number of rotatable bonds is 5. The number of imidazole rings is 2. The van der Waals surface area contributed by atoms with Crippen LogP contribution in [0.15, 0.2) is 54.7 Å². The maximum atomic E-state index is 15.6. The fraction of sp³-hybridized carbons (Fsp3) is 0.450. The molecule has 7 rings (SSSR count). The van der Waals surface area contributed by atoms with Gasteiger partial charge in [0.1, 0.15) is 33.5 Å². The van der Waals surface area contributed by atoms with E-state index in [4.69, 9.17) is 14.5 Å². The van der Waals surface area contributed by atoms with Crippen molar-refractivity contribution in [1.82, 2.24) is 29.7 Å². The average molecular weight is 727 g/mol. The van der Waals surface area contributed by atoms with Gasteiger partial charge in [0.15, 0.2) is 0 Å². The van der Waals surface area contributed by atoms with Gasteiger partial charge in [-0.2, -0.15) is 0 Å². The van der Waals surface area contributed by atoms with Crippen LogP contribution in [0, 0.1) is 17.7 Å². The first-order chi connectivity index (χ1) is 24.5. The van der Waals surface area contributed by atoms with Crippen molar-refractivity contribution in [2.24, 2.45) is 11.8 Å². The summed E-state index contributed by atoms with van der Waals surface area (Å²) < 4.78 is 27.0. The maximum absolute atomic E-state index is 15.6. The Hall–Kier alpha value is -4.71. The predicted molar refractivity (Wildman–Crippen MR) is 201 cm³/mol. The molecule has 10 nitrogen and oxygen atoms in total. The second kappa shape index (κ2) is 13.4. The third-order valence-corrected chi connectivity index (χ3v) is 10.5. The number of carbonyl (C=O) groups excluding carboxylic acids is 2. The Morgan fingerprint density at radius 3 is 1.90 bits per heavy atom. The van der Waals surface area contributed by atoms with Crippen molar-refractivity contribution in [1.29, 1.82) is 0 Å². The number of nitrogens with one attached hydrogen (secondary N) is 2. The Labute approximate surface area is 307 Å². The van der Waals surface area contributed by atoms with Crippen molar-refractivity contribution in [3.8, 4) is 32.8 Å². The average Bonchev–Trinajstić information content (AvgIpc) is 3.87. The summed E-state index contributed by atoms with van der Waals surface area (Å²) in [4.78, 5) is 47.6. The molecule has 2 saturated heterocycles. The Morgan fingerprint density at radius 2 is 1.35 bits per heavy atom. The van der Waals surface area contributed by atoms with Gasteiger partial charge in [-0.05, 0) is 89.5 Å². The zero-order valence-electron chi connectivity index (χ0n) is 31.0. The summed E-state index contributed by atoms with van der Waals surface area (Å²) in [5, 5.41) is 0. The third kappa shape index (κ3) is 7.44. The van der Waals surface area contributed by atoms with Crippen LogP contribution >= 0.6 is 11.3 Å². The fourth-order valence-electron chi connectivity index (χ4n) is 7.17. The van der Waals surface area contributed by atoms with Gasteiger partial charge in [0.2, 0.25) is 0 Å². The number of hydrogen-bond donors (Lipinski definition) is 2. The van der Waals surface area contributed by atoms with E-state index < -0.39 is 11.2 Å². The molecule has 2 amide bonds. The molecule has 5 heterocycles. The first-order valence-electron chi connectivity index (χ1n) is 18.0. The van der Waals surface area contributed by atoms with Crippen molar-refractivity contribution < 1.29 is 23.5 Å². The highest BCUT2D eigenvalue weighted by Crippen LogP contribution is 2.40. The molecular formula is C40H47FN6O4S. The van der Waals surface area contributed by atoms with Crippen molar-refractivity contribution in [2.45, 2.75) is 91.5 Å². The summed E-state index contributed by atoms with van der Waals surface area (Å²) >= 11 is 1.58. The van der Waals surface area contributed by atoms with E-state index in [0.717, 1.165) is 45.0 Å². The number of fused-ring (bicyclic) bond motifs is 1. The summed E-state index contributed by atoms with van der Waals surface area (Å²) in [5.74, 6) is 1.75. The minimum atomic E-state index is -0.591. The van der Waals surface area contributed by atoms with Crippen LogP contribution in [-0.4, -0.2) is 66.2 Å². The number of carbonyl (C=O) groups is 2. The largest absolute Gasteiger partial charge is 0.444 e. The van der Waals surface area contributed by atoms with E-state index in [1.54, 1.807) is 33.4 Å². The van der Waals surface area contributed by atoms with Crippen LogP contribution in [0.1, 0.15) is 92.0 Å². The summed E-state index contributed by atoms with van der Waals surface area (Å²) in [6.45, 7) is 16.7. The smallest absolute Gasteiger partial charge is 0.410 e. The molecule has 5 aromatic rings. The van der Waals surface area contributed by atoms with E-state index in [1.165, 1.54) is 6.07 Å². The van der Waals surface area contributed by atoms with Crippen molar-refractivity contribution in [3.63, 3.8) is 0 Å². The highest BCUT2D eigenvalue weighted by atomic mass is 32.1. The van der Waals surface area contributed by atoms with E-state index in [9.17, 15) is 9.59 Å². The number of ether oxygens (including phenoxy) is 2. The highest BCUT2D eigenvalue weighted by Gasteiger charge is 2.39. The molecule has 2 aromatic carbocycles. The van der Waals surface area contributed by atoms with Gasteiger partial charge in [0.25, 0.3) is 0 Å². The molecular weight excluding hydrogens is 680 g/mol. The molecule has 52 heavy (non-hydrogen) atoms. The van der Waals surface area contributed by atoms with E-state index >= 15 is 4.39 Å². The van der Waals surface area contributed by atoms with Gasteiger partial charge in [-0.1, -0.05) is 50.2 Å². The van der Waals surface area contributed by atoms with Gasteiger partial charge >= 0.3 is 12.2 Å². The fourth-order valence-corrected chi connectivity index (χ4v) is 8.17. The summed E-state index contributed by atoms with van der Waals surface area (Å²) in [5.41, 5.74) is 3.41. The molecule has 0 unspecified atom stereocenters. The minimum Gasteiger partial charge on any atom is -0.444 e. The van der Waals surface area contributed by atoms with Crippen molar-refractivity contribution >= 4 is 33.9 Å². The second-order valence-electron chi connectivity index (χ2n) is 16.4. The monoisotopic (exact) mass is 726 g/mol. The number of halogens is 1. The molecule has 2 aliphatic rings. The molecule has 0 radical (unpaired) electrons. The first kappa shape index (κ1) is 35.7. The Bertz CT molecular complexity index is 2070. The van der Waals surface area contributed by atoms with E-state index in [1.807, 2.05) is 71.9 Å². The maximum Gasteiger partial charge on any atom is 0.410 e. The van der Waals surface area contributed by atoms with Crippen LogP contribution < -0.4 is 0 Å². The third-order valence-electron chi connectivity index (χ3n) is 9.46. The van der Waals surface area contributed by atoms with Gasteiger partial charge in [0, 0.05) is 29.1 Å². The number of benzene rings is 2. The minimum absolute atomic E-state index is 0.158. The molecule has 274 valence electrons. The molecule has 2 fully saturated rings. The van der Waals surface area contributed by atoms with Gasteiger partial charge in [-0.25, -0.2) is 23.9 Å². The van der Waals surface area contributed by atoms with Crippen molar-refractivity contribution in [3.05, 3.63) is 72.2 Å². The number of thiophene rings is 1. The lowest BCUT2D eigenvalue weighted by atomic mass is 10.0. The Balaban J connectivity index is 1.04. The normalized spacial score (nSPS) is 20.9. The van der Waals surface area contributed by atoms with Crippen LogP contribution in [0.3, 0.4) is 0 Å². The van der Waals surface area contributed by atoms with E-state index in [-0.39, 0.29) is 30.1 Å². The number of H-pyrrole nitrogens is 2. The Kier molecular flexibility index (Phi) is 9.17. The lowest BCUT2D eigenvalue weighted by Crippen LogP contribution is -2.37. The number of likely N-dealkylation sites (tertiary alicyclic amines) is 2. The van der Waals surface area contributed by atoms with E-state index in [0.29, 0.717) is 47.6 Å². The highest BCUT2D eigenvalue weighted by molar-refractivity contribution is 7.21. The standard InChI is InChI=1S/C40H47FN6O4S/c1-22-15-31(46(20-22)37(48)50-39(3,4)5)34-42-19-30(44-34)26-13-14-27(28(41)17-26)24-9-11-25(12-10-24)33-18-29-36(52-33)45-35(43-29)32-16-23(2)21-47(32)38(49)51-40(6,7)8/h9-14,17-19,22-23,31-32H,15-16,20-21H2,1-8H3,(H,42,44)(H,43,45)/t22-,23+,31-,32+/m1/s1. The first-order valence-corrected chi connectivity index (χ1v) is 18.8. The van der Waals surface area contributed by atoms with Crippen LogP contribution in [0.2, 0.25) is 0 Å². The SMILES string of the molecule is C[C@@H]1C[C@H](c2ncc(-c3ccc(-c4ccc(-c5cc6[nH]c([C@@H]7C[C@H](C)CN7C(=O)OC(C)(C)C)nc6s5)cc4)c(F)c3)[nH]2)N(C(=O)OC(C)(C)C)C1. The molecule has 4 atom stereocenters. The summed E-state index contributed by atoms with van der Waals surface area (Å²) in [6, 6.07) is 14.7. The van der Waals surface area contributed by atoms with Crippen LogP contribution in [0.4, 0.5) is 14.0 Å². The lowest BCUT2D eigenvalue weighted by molar-refractivity contribution is 0.0204. The van der Waals surface area contributed by atoms with Gasteiger partial charge < -0.3 is 19.4 Å².